The third kappa shape index (κ3) is 6.29. The molecule has 0 aromatic heterocycles. The summed E-state index contributed by atoms with van der Waals surface area (Å²) in [5.74, 6) is -3.41. The maximum atomic E-state index is 12.6. The van der Waals surface area contributed by atoms with Gasteiger partial charge in [0.25, 0.3) is 5.91 Å². The van der Waals surface area contributed by atoms with Gasteiger partial charge in [-0.15, -0.1) is 0 Å². The smallest absolute Gasteiger partial charge is 0.338 e. The fourth-order valence-corrected chi connectivity index (χ4v) is 3.02. The molecule has 9 heteroatoms. The molecule has 1 saturated carbocycles. The van der Waals surface area contributed by atoms with E-state index in [2.05, 4.69) is 5.32 Å². The number of carbonyl (C=O) groups is 4. The summed E-state index contributed by atoms with van der Waals surface area (Å²) in [5, 5.41) is 11.0. The minimum atomic E-state index is -1.54. The Balaban J connectivity index is 2.84. The number of rotatable bonds is 8. The number of amides is 2. The first-order chi connectivity index (χ1) is 12.2. The number of carboxylic acids is 1. The zero-order chi connectivity index (χ0) is 19.9. The quantitative estimate of drug-likeness (QED) is 0.399. The van der Waals surface area contributed by atoms with Crippen LogP contribution in [0.4, 0.5) is 0 Å². The third-order valence-electron chi connectivity index (χ3n) is 4.57. The molecule has 148 valence electrons. The van der Waals surface area contributed by atoms with Gasteiger partial charge in [0.2, 0.25) is 11.9 Å². The van der Waals surface area contributed by atoms with Crippen molar-refractivity contribution in [3.05, 3.63) is 0 Å². The van der Waals surface area contributed by atoms with Crippen molar-refractivity contribution in [2.45, 2.75) is 63.6 Å². The molecular weight excluding hydrogens is 342 g/mol. The molecule has 26 heavy (non-hydrogen) atoms. The summed E-state index contributed by atoms with van der Waals surface area (Å²) in [6.07, 6.45) is 3.66. The van der Waals surface area contributed by atoms with Crippen LogP contribution in [0.25, 0.3) is 0 Å². The molecule has 0 radical (unpaired) electrons. The normalized spacial score (nSPS) is 22.0. The molecule has 0 bridgehead atoms. The largest absolute Gasteiger partial charge is 0.481 e. The molecule has 0 saturated heterocycles. The summed E-state index contributed by atoms with van der Waals surface area (Å²) in [4.78, 5) is 48.8. The van der Waals surface area contributed by atoms with Crippen LogP contribution in [-0.4, -0.2) is 66.0 Å². The molecule has 0 heterocycles. The summed E-state index contributed by atoms with van der Waals surface area (Å²) < 4.78 is 5.53. The summed E-state index contributed by atoms with van der Waals surface area (Å²) in [7, 11) is 2.89. The average Bonchev–Trinajstić information content (AvgIpc) is 2.58. The lowest BCUT2D eigenvalue weighted by Gasteiger charge is -2.32. The number of nitrogens with two attached hydrogens (primary N) is 1. The van der Waals surface area contributed by atoms with Gasteiger partial charge < -0.3 is 25.8 Å². The highest BCUT2D eigenvalue weighted by Crippen LogP contribution is 2.29. The maximum absolute atomic E-state index is 12.6. The van der Waals surface area contributed by atoms with Crippen LogP contribution < -0.4 is 11.1 Å². The number of esters is 1. The Labute approximate surface area is 153 Å². The second-order valence-electron chi connectivity index (χ2n) is 6.81. The predicted octanol–water partition coefficient (Wildman–Crippen LogP) is -0.127. The van der Waals surface area contributed by atoms with E-state index >= 15 is 0 Å². The van der Waals surface area contributed by atoms with Gasteiger partial charge in [0.05, 0.1) is 12.5 Å². The van der Waals surface area contributed by atoms with Gasteiger partial charge in [-0.05, 0) is 31.6 Å². The summed E-state index contributed by atoms with van der Waals surface area (Å²) in [6.45, 7) is 2.02. The molecule has 1 fully saturated rings. The van der Waals surface area contributed by atoms with Crippen LogP contribution in [-0.2, 0) is 23.9 Å². The third-order valence-corrected chi connectivity index (χ3v) is 4.57. The number of hydrogen-bond donors (Lipinski definition) is 3. The van der Waals surface area contributed by atoms with E-state index in [0.29, 0.717) is 0 Å². The topological polar surface area (TPSA) is 139 Å². The van der Waals surface area contributed by atoms with Gasteiger partial charge >= 0.3 is 11.9 Å². The molecule has 1 aliphatic carbocycles. The SMILES string of the molecule is CCC1CCCCC1OC(=O)C(NC(=O)[C@@H](N)CC(=O)O)C(=O)N(C)C. The number of ether oxygens (including phenoxy) is 1. The van der Waals surface area contributed by atoms with Gasteiger partial charge in [-0.2, -0.15) is 0 Å². The van der Waals surface area contributed by atoms with Crippen molar-refractivity contribution in [2.75, 3.05) is 14.1 Å². The van der Waals surface area contributed by atoms with Gasteiger partial charge in [-0.3, -0.25) is 14.4 Å². The maximum Gasteiger partial charge on any atom is 0.338 e. The lowest BCUT2D eigenvalue weighted by atomic mass is 9.85. The van der Waals surface area contributed by atoms with E-state index in [4.69, 9.17) is 15.6 Å². The first kappa shape index (κ1) is 21.9. The second-order valence-corrected chi connectivity index (χ2v) is 6.81. The molecule has 9 nitrogen and oxygen atoms in total. The fourth-order valence-electron chi connectivity index (χ4n) is 3.02. The molecule has 1 aliphatic rings. The van der Waals surface area contributed by atoms with E-state index < -0.39 is 42.3 Å². The monoisotopic (exact) mass is 371 g/mol. The van der Waals surface area contributed by atoms with Crippen LogP contribution in [0.2, 0.25) is 0 Å². The Kier molecular flexibility index (Phi) is 8.50. The molecule has 0 aromatic carbocycles. The molecule has 0 aliphatic heterocycles. The highest BCUT2D eigenvalue weighted by atomic mass is 16.5. The number of likely N-dealkylation sites (N-methyl/N-ethyl adjacent to an activating group) is 1. The zero-order valence-electron chi connectivity index (χ0n) is 15.6. The molecule has 2 amide bonds. The summed E-state index contributed by atoms with van der Waals surface area (Å²) >= 11 is 0. The molecular formula is C17H29N3O6. The van der Waals surface area contributed by atoms with Gasteiger partial charge in [-0.25, -0.2) is 4.79 Å². The van der Waals surface area contributed by atoms with Crippen molar-refractivity contribution in [3.63, 3.8) is 0 Å². The fraction of sp³-hybridized carbons (Fsp3) is 0.765. The van der Waals surface area contributed by atoms with E-state index in [1.807, 2.05) is 6.92 Å². The zero-order valence-corrected chi connectivity index (χ0v) is 15.6. The van der Waals surface area contributed by atoms with Crippen molar-refractivity contribution < 1.29 is 29.0 Å². The van der Waals surface area contributed by atoms with Crippen LogP contribution in [0.15, 0.2) is 0 Å². The van der Waals surface area contributed by atoms with Crippen LogP contribution in [0.5, 0.6) is 0 Å². The van der Waals surface area contributed by atoms with Crippen LogP contribution >= 0.6 is 0 Å². The Morgan fingerprint density at radius 2 is 1.85 bits per heavy atom. The standard InChI is InChI=1S/C17H29N3O6/c1-4-10-7-5-6-8-12(10)26-17(25)14(16(24)20(2)3)19-15(23)11(18)9-13(21)22/h10-12,14H,4-9,18H2,1-3H3,(H,19,23)(H,21,22)/t10?,11-,12?,14?/m0/s1. The highest BCUT2D eigenvalue weighted by Gasteiger charge is 2.36. The van der Waals surface area contributed by atoms with Gasteiger partial charge in [0.1, 0.15) is 6.10 Å². The van der Waals surface area contributed by atoms with E-state index in [1.54, 1.807) is 0 Å². The molecule has 4 atom stereocenters. The minimum absolute atomic E-state index is 0.229. The Morgan fingerprint density at radius 3 is 2.38 bits per heavy atom. The van der Waals surface area contributed by atoms with Gasteiger partial charge in [0, 0.05) is 14.1 Å². The van der Waals surface area contributed by atoms with Gasteiger partial charge in [0.15, 0.2) is 0 Å². The number of nitrogens with zero attached hydrogens (tertiary/aromatic N) is 1. The van der Waals surface area contributed by atoms with Crippen LogP contribution in [0, 0.1) is 5.92 Å². The lowest BCUT2D eigenvalue weighted by molar-refractivity contribution is -0.161. The Morgan fingerprint density at radius 1 is 1.23 bits per heavy atom. The highest BCUT2D eigenvalue weighted by molar-refractivity contribution is 6.05. The summed E-state index contributed by atoms with van der Waals surface area (Å²) in [6, 6.07) is -2.91. The molecule has 0 spiro atoms. The number of carboxylic acid groups (broad SMARTS) is 1. The van der Waals surface area contributed by atoms with E-state index in [-0.39, 0.29) is 12.0 Å². The van der Waals surface area contributed by atoms with Gasteiger partial charge in [-0.1, -0.05) is 13.3 Å². The lowest BCUT2D eigenvalue weighted by Crippen LogP contribution is -2.56. The predicted molar refractivity (Wildman–Crippen MR) is 93.0 cm³/mol. The first-order valence-corrected chi connectivity index (χ1v) is 8.86. The van der Waals surface area contributed by atoms with Crippen LogP contribution in [0.3, 0.4) is 0 Å². The van der Waals surface area contributed by atoms with E-state index in [0.717, 1.165) is 37.0 Å². The van der Waals surface area contributed by atoms with Crippen molar-refractivity contribution in [1.29, 1.82) is 0 Å². The second kappa shape index (κ2) is 10.1. The van der Waals surface area contributed by atoms with E-state index in [9.17, 15) is 19.2 Å². The molecule has 4 N–H and O–H groups in total. The minimum Gasteiger partial charge on any atom is -0.481 e. The number of aliphatic carboxylic acids is 1. The average molecular weight is 371 g/mol. The first-order valence-electron chi connectivity index (χ1n) is 8.86. The Hall–Kier alpha value is -2.16. The molecule has 3 unspecified atom stereocenters. The number of carbonyl (C=O) groups excluding carboxylic acids is 3. The molecule has 1 rings (SSSR count). The van der Waals surface area contributed by atoms with Crippen molar-refractivity contribution in [2.24, 2.45) is 11.7 Å². The Bertz CT molecular complexity index is 537. The van der Waals surface area contributed by atoms with E-state index in [1.165, 1.54) is 14.1 Å². The van der Waals surface area contributed by atoms with Crippen molar-refractivity contribution >= 4 is 23.8 Å². The van der Waals surface area contributed by atoms with Crippen molar-refractivity contribution in [1.82, 2.24) is 10.2 Å². The number of nitrogens with one attached hydrogen (secondary N) is 1. The van der Waals surface area contributed by atoms with Crippen LogP contribution in [0.1, 0.15) is 45.4 Å². The number of hydrogen-bond acceptors (Lipinski definition) is 6. The van der Waals surface area contributed by atoms with Crippen molar-refractivity contribution in [3.8, 4) is 0 Å². The molecule has 0 aromatic rings. The summed E-state index contributed by atoms with van der Waals surface area (Å²) in [5.41, 5.74) is 5.50.